The molecule has 2 rings (SSSR count). The predicted molar refractivity (Wildman–Crippen MR) is 79.8 cm³/mol. The van der Waals surface area contributed by atoms with E-state index in [0.717, 1.165) is 35.5 Å². The Bertz CT molecular complexity index is 657. The third-order valence-electron chi connectivity index (χ3n) is 3.61. The van der Waals surface area contributed by atoms with Gasteiger partial charge in [0.05, 0.1) is 5.56 Å². The first kappa shape index (κ1) is 14.2. The first-order chi connectivity index (χ1) is 9.47. The van der Waals surface area contributed by atoms with Crippen molar-refractivity contribution >= 4 is 5.91 Å². The molecule has 1 aromatic heterocycles. The largest absolute Gasteiger partial charge is 0.508 e. The molecule has 0 spiro atoms. The maximum atomic E-state index is 11.8. The van der Waals surface area contributed by atoms with Crippen LogP contribution in [0.25, 0.3) is 11.1 Å². The number of nitrogens with zero attached hydrogens (tertiary/aromatic N) is 1. The average molecular weight is 272 g/mol. The maximum Gasteiger partial charge on any atom is 0.251 e. The molecule has 0 aliphatic heterocycles. The fourth-order valence-corrected chi connectivity index (χ4v) is 2.76. The number of carbonyl (C=O) groups excluding carboxylic acids is 1. The normalized spacial score (nSPS) is 10.8. The number of carbonyl (C=O) groups is 1. The van der Waals surface area contributed by atoms with Crippen molar-refractivity contribution in [3.8, 4) is 16.9 Å². The summed E-state index contributed by atoms with van der Waals surface area (Å²) in [5.74, 6) is -0.253. The summed E-state index contributed by atoms with van der Waals surface area (Å²) in [6, 6.07) is 6.91. The van der Waals surface area contributed by atoms with Gasteiger partial charge >= 0.3 is 0 Å². The summed E-state index contributed by atoms with van der Waals surface area (Å²) < 4.78 is 2.11. The second kappa shape index (κ2) is 5.41. The van der Waals surface area contributed by atoms with Gasteiger partial charge in [-0.15, -0.1) is 0 Å². The van der Waals surface area contributed by atoms with Gasteiger partial charge in [-0.25, -0.2) is 0 Å². The van der Waals surface area contributed by atoms with Gasteiger partial charge in [-0.3, -0.25) is 4.79 Å². The van der Waals surface area contributed by atoms with Gasteiger partial charge < -0.3 is 15.4 Å². The molecular weight excluding hydrogens is 252 g/mol. The Hall–Kier alpha value is -2.23. The number of benzene rings is 1. The van der Waals surface area contributed by atoms with Crippen molar-refractivity contribution in [2.24, 2.45) is 5.73 Å². The molecule has 1 heterocycles. The lowest BCUT2D eigenvalue weighted by molar-refractivity contribution is 0.1000. The monoisotopic (exact) mass is 272 g/mol. The summed E-state index contributed by atoms with van der Waals surface area (Å²) in [6.45, 7) is 6.83. The highest BCUT2D eigenvalue weighted by atomic mass is 16.3. The third kappa shape index (κ3) is 2.29. The summed E-state index contributed by atoms with van der Waals surface area (Å²) >= 11 is 0. The molecule has 0 aliphatic carbocycles. The fourth-order valence-electron chi connectivity index (χ4n) is 2.76. The minimum Gasteiger partial charge on any atom is -0.508 e. The Labute approximate surface area is 118 Å². The minimum absolute atomic E-state index is 0.179. The Kier molecular flexibility index (Phi) is 3.84. The van der Waals surface area contributed by atoms with Crippen LogP contribution in [0, 0.1) is 13.8 Å². The van der Waals surface area contributed by atoms with E-state index in [4.69, 9.17) is 5.73 Å². The van der Waals surface area contributed by atoms with Crippen molar-refractivity contribution in [2.75, 3.05) is 0 Å². The zero-order valence-corrected chi connectivity index (χ0v) is 12.1. The number of aromatic nitrogens is 1. The second-order valence-electron chi connectivity index (χ2n) is 4.99. The van der Waals surface area contributed by atoms with Crippen molar-refractivity contribution < 1.29 is 9.90 Å². The van der Waals surface area contributed by atoms with Crippen LogP contribution in [0.5, 0.6) is 5.75 Å². The molecule has 0 saturated heterocycles. The van der Waals surface area contributed by atoms with E-state index >= 15 is 0 Å². The lowest BCUT2D eigenvalue weighted by atomic mass is 10.00. The number of phenols is 1. The molecule has 0 radical (unpaired) electrons. The fraction of sp³-hybridized carbons (Fsp3) is 0.312. The maximum absolute atomic E-state index is 11.8. The zero-order valence-electron chi connectivity index (χ0n) is 12.1. The van der Waals surface area contributed by atoms with Crippen molar-refractivity contribution in [1.29, 1.82) is 0 Å². The van der Waals surface area contributed by atoms with Gasteiger partial charge in [0.25, 0.3) is 5.91 Å². The molecule has 106 valence electrons. The van der Waals surface area contributed by atoms with Crippen LogP contribution in [-0.2, 0) is 6.54 Å². The number of rotatable bonds is 4. The Morgan fingerprint density at radius 1 is 1.30 bits per heavy atom. The summed E-state index contributed by atoms with van der Waals surface area (Å²) in [5, 5.41) is 9.65. The minimum atomic E-state index is -0.432. The van der Waals surface area contributed by atoms with E-state index < -0.39 is 5.91 Å². The number of phenolic OH excluding ortho intramolecular Hbond substituents is 1. The van der Waals surface area contributed by atoms with E-state index in [0.29, 0.717) is 5.56 Å². The van der Waals surface area contributed by atoms with Crippen molar-refractivity contribution in [3.05, 3.63) is 41.2 Å². The van der Waals surface area contributed by atoms with Gasteiger partial charge in [0.2, 0.25) is 0 Å². The van der Waals surface area contributed by atoms with E-state index in [9.17, 15) is 9.90 Å². The van der Waals surface area contributed by atoms with E-state index in [1.807, 2.05) is 19.9 Å². The van der Waals surface area contributed by atoms with Crippen LogP contribution < -0.4 is 5.73 Å². The predicted octanol–water partition coefficient (Wildman–Crippen LogP) is 2.99. The summed E-state index contributed by atoms with van der Waals surface area (Å²) in [6.07, 6.45) is 0.980. The Morgan fingerprint density at radius 3 is 2.55 bits per heavy atom. The van der Waals surface area contributed by atoms with Crippen molar-refractivity contribution in [1.82, 2.24) is 4.57 Å². The molecule has 0 saturated carbocycles. The van der Waals surface area contributed by atoms with Crippen molar-refractivity contribution in [3.63, 3.8) is 0 Å². The van der Waals surface area contributed by atoms with Gasteiger partial charge in [-0.05, 0) is 38.0 Å². The molecule has 0 atom stereocenters. The highest BCUT2D eigenvalue weighted by Gasteiger charge is 2.22. The van der Waals surface area contributed by atoms with Gasteiger partial charge in [0.15, 0.2) is 0 Å². The molecule has 0 unspecified atom stereocenters. The van der Waals surface area contributed by atoms with Crippen LogP contribution in [0.2, 0.25) is 0 Å². The standard InChI is InChI=1S/C16H20N2O2/c1-4-8-18-10(2)14(15(11(18)3)16(17)20)12-6-5-7-13(19)9-12/h5-7,9,19H,4,8H2,1-3H3,(H2,17,20). The van der Waals surface area contributed by atoms with Crippen molar-refractivity contribution in [2.45, 2.75) is 33.7 Å². The molecule has 1 amide bonds. The number of hydrogen-bond acceptors (Lipinski definition) is 2. The quantitative estimate of drug-likeness (QED) is 0.898. The smallest absolute Gasteiger partial charge is 0.251 e. The molecule has 4 heteroatoms. The van der Waals surface area contributed by atoms with Gasteiger partial charge in [-0.2, -0.15) is 0 Å². The van der Waals surface area contributed by atoms with Gasteiger partial charge in [0, 0.05) is 23.5 Å². The van der Waals surface area contributed by atoms with Crippen LogP contribution >= 0.6 is 0 Å². The first-order valence-electron chi connectivity index (χ1n) is 6.76. The second-order valence-corrected chi connectivity index (χ2v) is 4.99. The summed E-state index contributed by atoms with van der Waals surface area (Å²) in [5.41, 5.74) is 9.62. The lowest BCUT2D eigenvalue weighted by Crippen LogP contribution is -2.13. The number of amides is 1. The molecule has 2 aromatic rings. The molecule has 0 bridgehead atoms. The zero-order chi connectivity index (χ0) is 14.9. The highest BCUT2D eigenvalue weighted by Crippen LogP contribution is 2.33. The average Bonchev–Trinajstić information content (AvgIpc) is 2.63. The number of primary amides is 1. The third-order valence-corrected chi connectivity index (χ3v) is 3.61. The molecule has 0 aliphatic rings. The number of aromatic hydroxyl groups is 1. The number of hydrogen-bond donors (Lipinski definition) is 2. The van der Waals surface area contributed by atoms with Crippen LogP contribution in [0.4, 0.5) is 0 Å². The lowest BCUT2D eigenvalue weighted by Gasteiger charge is -2.08. The molecule has 4 nitrogen and oxygen atoms in total. The van der Waals surface area contributed by atoms with E-state index in [-0.39, 0.29) is 5.75 Å². The SMILES string of the molecule is CCCn1c(C)c(C(N)=O)c(-c2cccc(O)c2)c1C. The van der Waals surface area contributed by atoms with Crippen LogP contribution in [0.1, 0.15) is 35.1 Å². The van der Waals surface area contributed by atoms with E-state index in [2.05, 4.69) is 11.5 Å². The topological polar surface area (TPSA) is 68.2 Å². The van der Waals surface area contributed by atoms with Crippen LogP contribution in [-0.4, -0.2) is 15.6 Å². The number of nitrogens with two attached hydrogens (primary N) is 1. The van der Waals surface area contributed by atoms with Gasteiger partial charge in [0.1, 0.15) is 5.75 Å². The van der Waals surface area contributed by atoms with E-state index in [1.165, 1.54) is 0 Å². The molecule has 3 N–H and O–H groups in total. The Morgan fingerprint density at radius 2 is 2.00 bits per heavy atom. The first-order valence-corrected chi connectivity index (χ1v) is 6.76. The summed E-state index contributed by atoms with van der Waals surface area (Å²) in [7, 11) is 0. The van der Waals surface area contributed by atoms with Gasteiger partial charge in [-0.1, -0.05) is 19.1 Å². The van der Waals surface area contributed by atoms with E-state index in [1.54, 1.807) is 18.2 Å². The molecule has 0 fully saturated rings. The molecule has 1 aromatic carbocycles. The molecular formula is C16H20N2O2. The van der Waals surface area contributed by atoms with Crippen LogP contribution in [0.15, 0.2) is 24.3 Å². The Balaban J connectivity index is 2.74. The van der Waals surface area contributed by atoms with Crippen LogP contribution in [0.3, 0.4) is 0 Å². The summed E-state index contributed by atoms with van der Waals surface area (Å²) in [4.78, 5) is 11.8. The molecule has 20 heavy (non-hydrogen) atoms. The highest BCUT2D eigenvalue weighted by molar-refractivity contribution is 6.02.